The Morgan fingerprint density at radius 3 is 2.73 bits per heavy atom. The zero-order valence-electron chi connectivity index (χ0n) is 9.10. The predicted octanol–water partition coefficient (Wildman–Crippen LogP) is 0.950. The quantitative estimate of drug-likeness (QED) is 0.804. The van der Waals surface area contributed by atoms with Crippen LogP contribution in [0.25, 0.3) is 0 Å². The van der Waals surface area contributed by atoms with E-state index in [1.54, 1.807) is 6.20 Å². The summed E-state index contributed by atoms with van der Waals surface area (Å²) in [5, 5.41) is 9.39. The molecular weight excluding hydrogens is 192 g/mol. The average Bonchev–Trinajstić information content (AvgIpc) is 2.93. The van der Waals surface area contributed by atoms with Crippen molar-refractivity contribution in [3.63, 3.8) is 0 Å². The largest absolute Gasteiger partial charge is 0.503 e. The molecule has 1 fully saturated rings. The van der Waals surface area contributed by atoms with Crippen molar-refractivity contribution in [2.45, 2.75) is 25.4 Å². The van der Waals surface area contributed by atoms with Crippen LogP contribution in [-0.2, 0) is 6.54 Å². The molecule has 4 heteroatoms. The molecule has 1 N–H and O–H groups in total. The summed E-state index contributed by atoms with van der Waals surface area (Å²) in [5.74, 6) is -0.149. The highest BCUT2D eigenvalue weighted by molar-refractivity contribution is 5.22. The van der Waals surface area contributed by atoms with Crippen LogP contribution in [0.4, 0.5) is 0 Å². The molecule has 1 heterocycles. The highest BCUT2D eigenvalue weighted by Gasteiger charge is 2.25. The van der Waals surface area contributed by atoms with Crippen LogP contribution in [0.5, 0.6) is 5.75 Å². The van der Waals surface area contributed by atoms with Gasteiger partial charge in [-0.05, 0) is 26.9 Å². The van der Waals surface area contributed by atoms with Crippen LogP contribution < -0.4 is 5.43 Å². The number of pyridine rings is 1. The van der Waals surface area contributed by atoms with E-state index in [0.717, 1.165) is 25.1 Å². The Morgan fingerprint density at radius 1 is 1.53 bits per heavy atom. The standard InChI is InChI=1S/C11H16N2O2/c1-12(2)6-9-5-10(14)11(15)7-13(9)8-3-4-8/h5,7-8,15H,3-4,6H2,1-2H3. The Labute approximate surface area is 88.8 Å². The minimum absolute atomic E-state index is 0.149. The van der Waals surface area contributed by atoms with Crippen LogP contribution in [0.1, 0.15) is 24.6 Å². The van der Waals surface area contributed by atoms with Crippen LogP contribution in [0, 0.1) is 0 Å². The van der Waals surface area contributed by atoms with Gasteiger partial charge in [0.15, 0.2) is 5.75 Å². The number of hydrogen-bond donors (Lipinski definition) is 1. The second kappa shape index (κ2) is 3.70. The molecule has 0 saturated heterocycles. The first-order valence-electron chi connectivity index (χ1n) is 5.16. The molecule has 1 aromatic heterocycles. The highest BCUT2D eigenvalue weighted by Crippen LogP contribution is 2.36. The lowest BCUT2D eigenvalue weighted by atomic mass is 10.3. The third-order valence-electron chi connectivity index (χ3n) is 2.56. The number of aromatic nitrogens is 1. The monoisotopic (exact) mass is 208 g/mol. The third-order valence-corrected chi connectivity index (χ3v) is 2.56. The maximum Gasteiger partial charge on any atom is 0.223 e. The Bertz CT molecular complexity index is 419. The minimum Gasteiger partial charge on any atom is -0.503 e. The lowest BCUT2D eigenvalue weighted by molar-refractivity contribution is 0.382. The summed E-state index contributed by atoms with van der Waals surface area (Å²) in [4.78, 5) is 13.4. The Balaban J connectivity index is 2.40. The maximum atomic E-state index is 11.3. The molecule has 0 radical (unpaired) electrons. The first kappa shape index (κ1) is 10.2. The van der Waals surface area contributed by atoms with E-state index in [1.165, 1.54) is 6.07 Å². The fourth-order valence-electron chi connectivity index (χ4n) is 1.72. The number of nitrogens with zero attached hydrogens (tertiary/aromatic N) is 2. The van der Waals surface area contributed by atoms with E-state index in [9.17, 15) is 9.90 Å². The Morgan fingerprint density at radius 2 is 2.20 bits per heavy atom. The van der Waals surface area contributed by atoms with Crippen LogP contribution >= 0.6 is 0 Å². The van der Waals surface area contributed by atoms with Crippen molar-refractivity contribution in [3.05, 3.63) is 28.2 Å². The van der Waals surface area contributed by atoms with Crippen LogP contribution in [0.2, 0.25) is 0 Å². The van der Waals surface area contributed by atoms with E-state index in [-0.39, 0.29) is 11.2 Å². The second-order valence-electron chi connectivity index (χ2n) is 4.39. The van der Waals surface area contributed by atoms with Crippen molar-refractivity contribution in [3.8, 4) is 5.75 Å². The van der Waals surface area contributed by atoms with Gasteiger partial charge in [0.05, 0.1) is 6.20 Å². The average molecular weight is 208 g/mol. The van der Waals surface area contributed by atoms with E-state index >= 15 is 0 Å². The second-order valence-corrected chi connectivity index (χ2v) is 4.39. The van der Waals surface area contributed by atoms with Crippen molar-refractivity contribution in [1.29, 1.82) is 0 Å². The minimum atomic E-state index is -0.288. The predicted molar refractivity (Wildman–Crippen MR) is 58.0 cm³/mol. The summed E-state index contributed by atoms with van der Waals surface area (Å²) in [6, 6.07) is 2.01. The van der Waals surface area contributed by atoms with Gasteiger partial charge in [0.2, 0.25) is 5.43 Å². The molecule has 1 aliphatic carbocycles. The molecule has 0 spiro atoms. The first-order valence-corrected chi connectivity index (χ1v) is 5.16. The highest BCUT2D eigenvalue weighted by atomic mass is 16.3. The summed E-state index contributed by atoms with van der Waals surface area (Å²) in [5.41, 5.74) is 0.689. The molecule has 0 aromatic carbocycles. The van der Waals surface area contributed by atoms with Crippen molar-refractivity contribution in [2.24, 2.45) is 0 Å². The number of hydrogen-bond acceptors (Lipinski definition) is 3. The third kappa shape index (κ3) is 2.21. The molecular formula is C11H16N2O2. The molecule has 0 atom stereocenters. The molecule has 15 heavy (non-hydrogen) atoms. The maximum absolute atomic E-state index is 11.3. The van der Waals surface area contributed by atoms with E-state index in [1.807, 2.05) is 23.6 Å². The van der Waals surface area contributed by atoms with Gasteiger partial charge in [-0.2, -0.15) is 0 Å². The first-order chi connectivity index (χ1) is 7.08. The SMILES string of the molecule is CN(C)Cc1cc(=O)c(O)cn1C1CC1. The van der Waals surface area contributed by atoms with Gasteiger partial charge < -0.3 is 14.6 Å². The molecule has 1 saturated carbocycles. The molecule has 0 amide bonds. The molecule has 0 unspecified atom stereocenters. The Hall–Kier alpha value is -1.29. The van der Waals surface area contributed by atoms with Gasteiger partial charge in [0, 0.05) is 24.3 Å². The van der Waals surface area contributed by atoms with E-state index in [4.69, 9.17) is 0 Å². The summed E-state index contributed by atoms with van der Waals surface area (Å²) >= 11 is 0. The van der Waals surface area contributed by atoms with Gasteiger partial charge in [-0.3, -0.25) is 4.79 Å². The van der Waals surface area contributed by atoms with Gasteiger partial charge in [-0.1, -0.05) is 0 Å². The topological polar surface area (TPSA) is 45.5 Å². The summed E-state index contributed by atoms with van der Waals surface area (Å²) in [7, 11) is 3.93. The molecule has 82 valence electrons. The fraction of sp³-hybridized carbons (Fsp3) is 0.545. The molecule has 0 aliphatic heterocycles. The van der Waals surface area contributed by atoms with Crippen LogP contribution in [0.3, 0.4) is 0 Å². The molecule has 2 rings (SSSR count). The van der Waals surface area contributed by atoms with Crippen molar-refractivity contribution in [1.82, 2.24) is 9.47 Å². The van der Waals surface area contributed by atoms with Crippen LogP contribution in [0.15, 0.2) is 17.1 Å². The van der Waals surface area contributed by atoms with E-state index in [2.05, 4.69) is 0 Å². The lowest BCUT2D eigenvalue weighted by Gasteiger charge is -2.16. The molecule has 0 bridgehead atoms. The normalized spacial score (nSPS) is 15.9. The van der Waals surface area contributed by atoms with Gasteiger partial charge in [-0.25, -0.2) is 0 Å². The molecule has 1 aromatic rings. The van der Waals surface area contributed by atoms with E-state index < -0.39 is 0 Å². The van der Waals surface area contributed by atoms with Gasteiger partial charge in [0.25, 0.3) is 0 Å². The molecule has 4 nitrogen and oxygen atoms in total. The zero-order valence-corrected chi connectivity index (χ0v) is 9.10. The smallest absolute Gasteiger partial charge is 0.223 e. The van der Waals surface area contributed by atoms with Gasteiger partial charge >= 0.3 is 0 Å². The van der Waals surface area contributed by atoms with E-state index in [0.29, 0.717) is 6.04 Å². The van der Waals surface area contributed by atoms with Crippen molar-refractivity contribution in [2.75, 3.05) is 14.1 Å². The van der Waals surface area contributed by atoms with Crippen LogP contribution in [-0.4, -0.2) is 28.7 Å². The molecule has 1 aliphatic rings. The zero-order chi connectivity index (χ0) is 11.0. The van der Waals surface area contributed by atoms with Crippen molar-refractivity contribution >= 4 is 0 Å². The number of aromatic hydroxyl groups is 1. The van der Waals surface area contributed by atoms with Crippen molar-refractivity contribution < 1.29 is 5.11 Å². The summed E-state index contributed by atoms with van der Waals surface area (Å²) < 4.78 is 2.02. The number of rotatable bonds is 3. The lowest BCUT2D eigenvalue weighted by Crippen LogP contribution is -2.18. The Kier molecular flexibility index (Phi) is 2.52. The summed E-state index contributed by atoms with van der Waals surface area (Å²) in [6.45, 7) is 0.728. The van der Waals surface area contributed by atoms with Gasteiger partial charge in [0.1, 0.15) is 0 Å². The van der Waals surface area contributed by atoms with Gasteiger partial charge in [-0.15, -0.1) is 0 Å². The summed E-state index contributed by atoms with van der Waals surface area (Å²) in [6.07, 6.45) is 3.85. The fourth-order valence-corrected chi connectivity index (χ4v) is 1.72.